The number of ether oxygens (including phenoxy) is 1. The van der Waals surface area contributed by atoms with E-state index in [-0.39, 0.29) is 23.8 Å². The maximum Gasteiger partial charge on any atom is 0.313 e. The molecule has 1 aromatic rings. The normalized spacial score (nSPS) is 11.9. The molecule has 0 saturated heterocycles. The number of hydrogen-bond acceptors (Lipinski definition) is 4. The second-order valence-corrected chi connectivity index (χ2v) is 5.85. The number of rotatable bonds is 6. The molecule has 0 N–H and O–H groups in total. The fraction of sp³-hybridized carbons (Fsp3) is 0.333. The summed E-state index contributed by atoms with van der Waals surface area (Å²) in [5, 5.41) is 0.616. The summed E-state index contributed by atoms with van der Waals surface area (Å²) in [6.45, 7) is 1.86. The van der Waals surface area contributed by atoms with Crippen LogP contribution in [0.1, 0.15) is 13.3 Å². The van der Waals surface area contributed by atoms with E-state index >= 15 is 0 Å². The zero-order valence-corrected chi connectivity index (χ0v) is 12.5. The van der Waals surface area contributed by atoms with Crippen molar-refractivity contribution in [3.05, 3.63) is 28.2 Å². The molecule has 0 aliphatic rings. The van der Waals surface area contributed by atoms with Crippen molar-refractivity contribution in [2.75, 3.05) is 12.4 Å². The molecule has 1 aromatic carbocycles. The third-order valence-corrected chi connectivity index (χ3v) is 4.20. The smallest absolute Gasteiger partial charge is 0.313 e. The van der Waals surface area contributed by atoms with Crippen molar-refractivity contribution in [2.45, 2.75) is 18.2 Å². The summed E-state index contributed by atoms with van der Waals surface area (Å²) in [4.78, 5) is 23.0. The summed E-state index contributed by atoms with van der Waals surface area (Å²) >= 11 is 11.5. The molecule has 0 fully saturated rings. The van der Waals surface area contributed by atoms with E-state index in [1.807, 2.05) is 0 Å². The number of benzene rings is 1. The number of hydrogen-bond donors (Lipinski definition) is 0. The van der Waals surface area contributed by atoms with Crippen LogP contribution in [0.15, 0.2) is 23.1 Å². The first-order valence-electron chi connectivity index (χ1n) is 5.44. The highest BCUT2D eigenvalue weighted by atomic mass is 35.5. The van der Waals surface area contributed by atoms with Gasteiger partial charge in [-0.05, 0) is 25.1 Å². The summed E-state index contributed by atoms with van der Waals surface area (Å²) in [6, 6.07) is 4.48. The van der Waals surface area contributed by atoms with Crippen LogP contribution in [0, 0.1) is 0 Å². The van der Waals surface area contributed by atoms with Gasteiger partial charge in [0, 0.05) is 4.90 Å². The summed E-state index contributed by atoms with van der Waals surface area (Å²) in [5.41, 5.74) is 0. The highest BCUT2D eigenvalue weighted by Gasteiger charge is 2.15. The van der Waals surface area contributed by atoms with Gasteiger partial charge < -0.3 is 4.74 Å². The molecule has 7 heteroatoms. The van der Waals surface area contributed by atoms with E-state index in [0.717, 1.165) is 0 Å². The zero-order valence-electron chi connectivity index (χ0n) is 10.2. The molecule has 0 amide bonds. The molecule has 0 aliphatic heterocycles. The lowest BCUT2D eigenvalue weighted by molar-refractivity contribution is -0.145. The van der Waals surface area contributed by atoms with E-state index in [4.69, 9.17) is 23.2 Å². The average molecular weight is 323 g/mol. The fourth-order valence-electron chi connectivity index (χ4n) is 1.27. The second kappa shape index (κ2) is 7.62. The van der Waals surface area contributed by atoms with Gasteiger partial charge in [0.25, 0.3) is 0 Å². The van der Waals surface area contributed by atoms with Gasteiger partial charge in [0.1, 0.15) is 6.42 Å². The lowest BCUT2D eigenvalue weighted by Crippen LogP contribution is -2.17. The van der Waals surface area contributed by atoms with Gasteiger partial charge in [0.2, 0.25) is 0 Å². The van der Waals surface area contributed by atoms with Crippen LogP contribution in [0.25, 0.3) is 0 Å². The first kappa shape index (κ1) is 16.1. The Bertz CT molecular complexity index is 516. The second-order valence-electron chi connectivity index (χ2n) is 3.59. The molecule has 1 atom stereocenters. The molecular formula is C12H12Cl2O4S. The van der Waals surface area contributed by atoms with Crippen molar-refractivity contribution >= 4 is 45.8 Å². The maximum atomic E-state index is 11.9. The van der Waals surface area contributed by atoms with Gasteiger partial charge in [-0.25, -0.2) is 0 Å². The van der Waals surface area contributed by atoms with Crippen LogP contribution < -0.4 is 0 Å². The van der Waals surface area contributed by atoms with E-state index in [2.05, 4.69) is 4.74 Å². The van der Waals surface area contributed by atoms with Crippen molar-refractivity contribution in [1.29, 1.82) is 0 Å². The molecule has 1 rings (SSSR count). The SMILES string of the molecule is CCOC(=O)CC(=O)CS(=O)c1ccc(Cl)c(Cl)c1. The Kier molecular flexibility index (Phi) is 6.48. The summed E-state index contributed by atoms with van der Waals surface area (Å²) in [7, 11) is -1.55. The highest BCUT2D eigenvalue weighted by Crippen LogP contribution is 2.24. The Balaban J connectivity index is 2.61. The van der Waals surface area contributed by atoms with Crippen molar-refractivity contribution in [2.24, 2.45) is 0 Å². The minimum Gasteiger partial charge on any atom is -0.466 e. The third-order valence-electron chi connectivity index (χ3n) is 2.09. The first-order chi connectivity index (χ1) is 8.93. The third kappa shape index (κ3) is 5.30. The quantitative estimate of drug-likeness (QED) is 0.596. The van der Waals surface area contributed by atoms with Crippen molar-refractivity contribution in [3.63, 3.8) is 0 Å². The van der Waals surface area contributed by atoms with Crippen molar-refractivity contribution in [3.8, 4) is 0 Å². The Morgan fingerprint density at radius 3 is 2.53 bits per heavy atom. The largest absolute Gasteiger partial charge is 0.466 e. The maximum absolute atomic E-state index is 11.9. The minimum atomic E-state index is -1.55. The number of Topliss-reactive ketones (excluding diaryl/α,β-unsaturated/α-hetero) is 1. The predicted molar refractivity (Wildman–Crippen MR) is 74.0 cm³/mol. The molecule has 0 saturated carbocycles. The van der Waals surface area contributed by atoms with Gasteiger partial charge in [-0.2, -0.15) is 0 Å². The van der Waals surface area contributed by atoms with Gasteiger partial charge in [-0.1, -0.05) is 23.2 Å². The summed E-state index contributed by atoms with van der Waals surface area (Å²) in [6.07, 6.45) is -0.374. The monoisotopic (exact) mass is 322 g/mol. The molecule has 0 heterocycles. The van der Waals surface area contributed by atoms with Gasteiger partial charge in [0.15, 0.2) is 5.78 Å². The van der Waals surface area contributed by atoms with Crippen LogP contribution in [0.4, 0.5) is 0 Å². The number of esters is 1. The molecule has 1 unspecified atom stereocenters. The van der Waals surface area contributed by atoms with E-state index in [9.17, 15) is 13.8 Å². The van der Waals surface area contributed by atoms with Crippen LogP contribution in [-0.4, -0.2) is 28.3 Å². The lowest BCUT2D eigenvalue weighted by Gasteiger charge is -2.04. The van der Waals surface area contributed by atoms with Gasteiger partial charge in [-0.15, -0.1) is 0 Å². The van der Waals surface area contributed by atoms with Crippen LogP contribution in [0.2, 0.25) is 10.0 Å². The van der Waals surface area contributed by atoms with E-state index in [0.29, 0.717) is 9.92 Å². The molecule has 0 bridgehead atoms. The van der Waals surface area contributed by atoms with Gasteiger partial charge >= 0.3 is 5.97 Å². The van der Waals surface area contributed by atoms with Crippen LogP contribution >= 0.6 is 23.2 Å². The Morgan fingerprint density at radius 1 is 1.26 bits per heavy atom. The number of carbonyl (C=O) groups excluding carboxylic acids is 2. The highest BCUT2D eigenvalue weighted by molar-refractivity contribution is 7.85. The molecular weight excluding hydrogens is 311 g/mol. The van der Waals surface area contributed by atoms with Gasteiger partial charge in [0.05, 0.1) is 33.2 Å². The Hall–Kier alpha value is -0.910. The van der Waals surface area contributed by atoms with Crippen LogP contribution in [0.3, 0.4) is 0 Å². The van der Waals surface area contributed by atoms with Crippen molar-refractivity contribution < 1.29 is 18.5 Å². The van der Waals surface area contributed by atoms with E-state index in [1.165, 1.54) is 18.2 Å². The molecule has 0 radical (unpaired) electrons. The number of ketones is 1. The minimum absolute atomic E-state index is 0.210. The van der Waals surface area contributed by atoms with E-state index < -0.39 is 22.6 Å². The van der Waals surface area contributed by atoms with Gasteiger partial charge in [-0.3, -0.25) is 13.8 Å². The topological polar surface area (TPSA) is 60.4 Å². The standard InChI is InChI=1S/C12H12Cl2O4S/c1-2-18-12(16)5-8(15)7-19(17)9-3-4-10(13)11(14)6-9/h3-4,6H,2,5,7H2,1H3. The zero-order chi connectivity index (χ0) is 14.4. The fourth-order valence-corrected chi connectivity index (χ4v) is 2.67. The molecule has 19 heavy (non-hydrogen) atoms. The Morgan fingerprint density at radius 2 is 1.95 bits per heavy atom. The number of halogens is 2. The molecule has 0 aromatic heterocycles. The average Bonchev–Trinajstić information content (AvgIpc) is 2.32. The molecule has 4 nitrogen and oxygen atoms in total. The Labute approximate surface area is 123 Å². The van der Waals surface area contributed by atoms with Crippen LogP contribution in [0.5, 0.6) is 0 Å². The van der Waals surface area contributed by atoms with Crippen molar-refractivity contribution in [1.82, 2.24) is 0 Å². The molecule has 0 spiro atoms. The van der Waals surface area contributed by atoms with E-state index in [1.54, 1.807) is 6.92 Å². The first-order valence-corrected chi connectivity index (χ1v) is 7.52. The van der Waals surface area contributed by atoms with Crippen LogP contribution in [-0.2, 0) is 25.1 Å². The summed E-state index contributed by atoms with van der Waals surface area (Å²) < 4.78 is 16.5. The summed E-state index contributed by atoms with van der Waals surface area (Å²) in [5.74, 6) is -1.31. The number of carbonyl (C=O) groups is 2. The predicted octanol–water partition coefficient (Wildman–Crippen LogP) is 2.62. The molecule has 104 valence electrons. The lowest BCUT2D eigenvalue weighted by atomic mass is 10.3. The molecule has 0 aliphatic carbocycles.